The molecule has 1 spiro atoms. The van der Waals surface area contributed by atoms with Crippen LogP contribution in [0.15, 0.2) is 189 Å². The Morgan fingerprint density at radius 2 is 1.05 bits per heavy atom. The topological polar surface area (TPSA) is 148 Å². The summed E-state index contributed by atoms with van der Waals surface area (Å²) in [6.45, 7) is 22.5. The van der Waals surface area contributed by atoms with Crippen molar-refractivity contribution in [1.82, 2.24) is 0 Å². The molecule has 0 saturated carbocycles. The zero-order valence-corrected chi connectivity index (χ0v) is 63.4. The van der Waals surface area contributed by atoms with Gasteiger partial charge >= 0.3 is 0 Å². The van der Waals surface area contributed by atoms with Crippen molar-refractivity contribution in [3.63, 3.8) is 0 Å². The lowest BCUT2D eigenvalue weighted by molar-refractivity contribution is -0.342. The first-order chi connectivity index (χ1) is 52.8. The molecule has 9 saturated heterocycles. The summed E-state index contributed by atoms with van der Waals surface area (Å²) in [6, 6.07) is 45.2. The monoisotopic (exact) mass is 1470 g/mol. The summed E-state index contributed by atoms with van der Waals surface area (Å²) in [6.07, 6.45) is 16.6. The highest BCUT2D eigenvalue weighted by Gasteiger charge is 2.63. The molecule has 0 N–H and O–H groups in total. The lowest BCUT2D eigenvalue weighted by atomic mass is 9.76. The molecule has 18 rings (SSSR count). The molecule has 6 aromatic rings. The summed E-state index contributed by atoms with van der Waals surface area (Å²) in [5.41, 5.74) is 2.37. The lowest BCUT2D eigenvalue weighted by Gasteiger charge is -2.53. The van der Waals surface area contributed by atoms with E-state index in [1.807, 2.05) is 12.2 Å². The van der Waals surface area contributed by atoms with Gasteiger partial charge < -0.3 is 75.8 Å². The van der Waals surface area contributed by atoms with Gasteiger partial charge in [0.2, 0.25) is 0 Å². The average Bonchev–Trinajstić information content (AvgIpc) is 1.53. The molecule has 108 heavy (non-hydrogen) atoms. The van der Waals surface area contributed by atoms with Crippen LogP contribution in [0.1, 0.15) is 128 Å². The molecule has 0 amide bonds. The molecule has 12 aliphatic heterocycles. The molecule has 16 heteroatoms. The number of hydrogen-bond acceptors (Lipinski definition) is 16. The first-order valence-corrected chi connectivity index (χ1v) is 40.8. The second-order valence-electron chi connectivity index (χ2n) is 33.6. The molecule has 12 heterocycles. The molecule has 30 atom stereocenters. The zero-order chi connectivity index (χ0) is 73.2. The van der Waals surface area contributed by atoms with Gasteiger partial charge in [-0.25, -0.2) is 0 Å². The van der Waals surface area contributed by atoms with E-state index in [4.69, 9.17) is 75.8 Å². The van der Waals surface area contributed by atoms with E-state index in [-0.39, 0.29) is 127 Å². The average molecular weight is 1470 g/mol. The number of rotatable bonds is 15. The predicted octanol–water partition coefficient (Wildman–Crippen LogP) is 16.0. The van der Waals surface area contributed by atoms with Crippen molar-refractivity contribution in [2.24, 2.45) is 23.7 Å². The van der Waals surface area contributed by atoms with Crippen molar-refractivity contribution in [1.29, 1.82) is 0 Å². The molecule has 9 fully saturated rings. The lowest BCUT2D eigenvalue weighted by Crippen LogP contribution is -2.64. The Labute approximate surface area is 637 Å². The smallest absolute Gasteiger partial charge is 0.171 e. The van der Waals surface area contributed by atoms with Crippen LogP contribution in [0.2, 0.25) is 0 Å². The Bertz CT molecular complexity index is 4230. The van der Waals surface area contributed by atoms with Gasteiger partial charge in [0.15, 0.2) is 5.79 Å². The molecule has 0 aromatic heterocycles. The van der Waals surface area contributed by atoms with E-state index < -0.39 is 54.1 Å². The molecule has 12 aliphatic rings. The maximum atomic E-state index is 7.81. The van der Waals surface area contributed by atoms with Gasteiger partial charge in [-0.1, -0.05) is 185 Å². The summed E-state index contributed by atoms with van der Waals surface area (Å²) in [5.74, 6) is -0.335. The first kappa shape index (κ1) is 73.6. The minimum Gasteiger partial charge on any atom is -0.370 e. The summed E-state index contributed by atoms with van der Waals surface area (Å²) < 4.78 is 117. The fraction of sp³-hybridized carbons (Fsp3) is 0.565. The zero-order valence-electron chi connectivity index (χ0n) is 63.4. The number of ether oxygens (including phenoxy) is 16. The van der Waals surface area contributed by atoms with E-state index in [9.17, 15) is 0 Å². The quantitative estimate of drug-likeness (QED) is 0.0897. The Balaban J connectivity index is 0.602. The second kappa shape index (κ2) is 31.6. The molecule has 0 unspecified atom stereocenters. The van der Waals surface area contributed by atoms with Crippen LogP contribution < -0.4 is 0 Å². The summed E-state index contributed by atoms with van der Waals surface area (Å²) in [7, 11) is 0. The Morgan fingerprint density at radius 1 is 0.463 bits per heavy atom. The summed E-state index contributed by atoms with van der Waals surface area (Å²) in [4.78, 5) is 0. The highest BCUT2D eigenvalue weighted by molar-refractivity contribution is 5.84. The van der Waals surface area contributed by atoms with Gasteiger partial charge in [-0.3, -0.25) is 0 Å². The van der Waals surface area contributed by atoms with E-state index in [1.165, 1.54) is 26.9 Å². The Hall–Kier alpha value is -5.84. The fourth-order valence-corrected chi connectivity index (χ4v) is 20.7. The van der Waals surface area contributed by atoms with E-state index in [1.54, 1.807) is 0 Å². The third kappa shape index (κ3) is 14.7. The summed E-state index contributed by atoms with van der Waals surface area (Å²) in [5, 5.41) is 7.12. The van der Waals surface area contributed by atoms with Crippen LogP contribution in [0.5, 0.6) is 0 Å². The van der Waals surface area contributed by atoms with E-state index in [0.717, 1.165) is 54.2 Å². The third-order valence-electron chi connectivity index (χ3n) is 26.6. The third-order valence-corrected chi connectivity index (χ3v) is 26.6. The largest absolute Gasteiger partial charge is 0.370 e. The maximum absolute atomic E-state index is 7.81. The molecule has 16 nitrogen and oxygen atoms in total. The Kier molecular flexibility index (Phi) is 21.6. The van der Waals surface area contributed by atoms with Gasteiger partial charge in [0, 0.05) is 43.9 Å². The molecular weight excluding hydrogens is 1360 g/mol. The van der Waals surface area contributed by atoms with E-state index in [0.29, 0.717) is 78.0 Å². The summed E-state index contributed by atoms with van der Waals surface area (Å²) >= 11 is 0. The van der Waals surface area contributed by atoms with Gasteiger partial charge in [0.1, 0.15) is 48.3 Å². The van der Waals surface area contributed by atoms with Gasteiger partial charge in [-0.15, -0.1) is 13.2 Å². The van der Waals surface area contributed by atoms with Crippen molar-refractivity contribution in [3.8, 4) is 0 Å². The van der Waals surface area contributed by atoms with E-state index in [2.05, 4.69) is 212 Å². The highest BCUT2D eigenvalue weighted by atomic mass is 16.7. The minimum absolute atomic E-state index is 0.0794. The van der Waals surface area contributed by atoms with Gasteiger partial charge in [-0.05, 0) is 131 Å². The van der Waals surface area contributed by atoms with Crippen LogP contribution in [0.25, 0.3) is 32.3 Å². The number of benzene rings is 6. The van der Waals surface area contributed by atoms with Crippen molar-refractivity contribution in [3.05, 3.63) is 206 Å². The van der Waals surface area contributed by atoms with Crippen LogP contribution in [-0.2, 0) is 95.6 Å². The van der Waals surface area contributed by atoms with Gasteiger partial charge in [-0.2, -0.15) is 0 Å². The van der Waals surface area contributed by atoms with Gasteiger partial charge in [0.25, 0.3) is 0 Å². The first-order valence-electron chi connectivity index (χ1n) is 40.8. The van der Waals surface area contributed by atoms with Crippen molar-refractivity contribution in [2.45, 2.75) is 289 Å². The van der Waals surface area contributed by atoms with Crippen LogP contribution in [0.3, 0.4) is 0 Å². The SMILES string of the molecule is C=CC[C@@H]1O[C@@H]2C[C@@H]3O[C@@H]4C[C@@H]5O[C@@H]6[C@@H](C)[C@H](C)[C@@]7(CCCO7)O[C@H]6[C@@H](OCc6ccc7ccccc7c6)[C@H](C)[C@H]5O[C@H]4C[C@@H](C)C[C@H]3O[C@@]2(C)[C@H](OCc2ccc3ccccc3c2)C[C@H]1O[C@H]1/C=C\C[C@H]2O[C@H]3C[C@H]4O[C@H]5CC=CCO[C@@H]5[C@@H](OCc5ccc6ccccc6c5)[C@@H]4O[C@@H]3C=C[C@@H]2O[C@@H]1CC=C. The van der Waals surface area contributed by atoms with Crippen molar-refractivity contribution in [2.75, 3.05) is 13.2 Å². The Morgan fingerprint density at radius 3 is 1.73 bits per heavy atom. The molecule has 574 valence electrons. The predicted molar refractivity (Wildman–Crippen MR) is 412 cm³/mol. The molecule has 0 bridgehead atoms. The van der Waals surface area contributed by atoms with E-state index >= 15 is 0 Å². The van der Waals surface area contributed by atoms with Crippen LogP contribution in [-0.4, -0.2) is 171 Å². The normalized spacial score (nSPS) is 42.5. The molecule has 0 radical (unpaired) electrons. The minimum atomic E-state index is -0.925. The van der Waals surface area contributed by atoms with Crippen molar-refractivity contribution >= 4 is 32.3 Å². The fourth-order valence-electron chi connectivity index (χ4n) is 20.7. The molecule has 6 aromatic carbocycles. The second-order valence-corrected chi connectivity index (χ2v) is 33.6. The number of hydrogen-bond donors (Lipinski definition) is 0. The standard InChI is InChI=1S/C92H110O16/c1-8-20-67-69(29-18-30-70-71(98-67)37-38-72-75(99-70)47-81-88(104-72)89(87-73(101-81)28-16-17-40-93-87)96-53-60-33-36-63-24-12-15-27-66(63)46-60)100-77-49-82(94-51-58-31-34-61-22-10-13-25-64(61)44-58)91(7)83(103-68(77)21-9-2)50-78-79(107-91)43-54(3)42-74-76(102-78)48-80-84(105-74)56(5)85(95-52-59-32-35-62-23-11-14-26-65(62)45-59)90-86(106-80)55(4)57(6)92(108-90)39-19-41-97-92/h8-18,22-27,29,31-38,44-46,54-57,67-90H,1-2,19-21,28,30,39-43,47-53H2,3-7H3/b29-18-/t54-,55+,56-,57+,67-,68+,69+,70-,71+,72-,73+,74+,75+,76-,77-,78+,79-,80+,81-,82-,83-,84-,85+,86-,87+,88-,89-,90+,91+,92-/m1/s1. The van der Waals surface area contributed by atoms with Crippen LogP contribution in [0, 0.1) is 23.7 Å². The maximum Gasteiger partial charge on any atom is 0.171 e. The van der Waals surface area contributed by atoms with Crippen LogP contribution in [0.4, 0.5) is 0 Å². The molecule has 0 aliphatic carbocycles. The highest BCUT2D eigenvalue weighted by Crippen LogP contribution is 2.53. The van der Waals surface area contributed by atoms with Gasteiger partial charge in [0.05, 0.1) is 137 Å². The number of fused-ring (bicyclic) bond motifs is 12. The van der Waals surface area contributed by atoms with Crippen molar-refractivity contribution < 1.29 is 75.8 Å². The van der Waals surface area contributed by atoms with Crippen LogP contribution >= 0.6 is 0 Å². The molecular formula is C92H110O16.